The molecule has 4 N–H and O–H groups in total. The Hall–Kier alpha value is -2.92. The average molecular weight is 469 g/mol. The Morgan fingerprint density at radius 3 is 2.43 bits per heavy atom. The molecule has 0 unspecified atom stereocenters. The number of halogens is 2. The van der Waals surface area contributed by atoms with Crippen molar-refractivity contribution < 1.29 is 22.8 Å². The third-order valence-electron chi connectivity index (χ3n) is 4.01. The minimum absolute atomic E-state index is 0.0607. The van der Waals surface area contributed by atoms with Gasteiger partial charge in [0.15, 0.2) is 0 Å². The van der Waals surface area contributed by atoms with E-state index in [-0.39, 0.29) is 26.3 Å². The topological polar surface area (TPSA) is 139 Å². The lowest BCUT2D eigenvalue weighted by Gasteiger charge is -2.12. The highest BCUT2D eigenvalue weighted by atomic mass is 35.5. The molecule has 0 aliphatic carbocycles. The van der Waals surface area contributed by atoms with Gasteiger partial charge in [-0.05, 0) is 42.0 Å². The number of rotatable bonds is 5. The molecule has 9 nitrogen and oxygen atoms in total. The molecular weight excluding hydrogens is 455 g/mol. The second-order valence-corrected chi connectivity index (χ2v) is 8.49. The number of carbonyl (C=O) groups excluding carboxylic acids is 3. The van der Waals surface area contributed by atoms with Crippen LogP contribution in [0.15, 0.2) is 53.1 Å². The van der Waals surface area contributed by atoms with Gasteiger partial charge in [0.05, 0.1) is 14.9 Å². The van der Waals surface area contributed by atoms with Gasteiger partial charge in [-0.15, -0.1) is 0 Å². The molecule has 12 heteroatoms. The molecule has 0 spiro atoms. The highest BCUT2D eigenvalue weighted by molar-refractivity contribution is 7.89. The lowest BCUT2D eigenvalue weighted by atomic mass is 10.2. The van der Waals surface area contributed by atoms with Gasteiger partial charge < -0.3 is 10.6 Å². The van der Waals surface area contributed by atoms with Crippen LogP contribution >= 0.6 is 23.2 Å². The number of primary sulfonamides is 1. The Morgan fingerprint density at radius 2 is 1.80 bits per heavy atom. The minimum Gasteiger partial charge on any atom is -0.325 e. The number of anilines is 1. The molecule has 0 atom stereocenters. The van der Waals surface area contributed by atoms with Crippen LogP contribution in [-0.4, -0.2) is 37.7 Å². The Kier molecular flexibility index (Phi) is 6.13. The normalized spacial score (nSPS) is 15.4. The predicted octanol–water partition coefficient (Wildman–Crippen LogP) is 2.17. The van der Waals surface area contributed by atoms with Crippen LogP contribution in [0.3, 0.4) is 0 Å². The van der Waals surface area contributed by atoms with Crippen molar-refractivity contribution in [3.8, 4) is 0 Å². The average Bonchev–Trinajstić information content (AvgIpc) is 2.92. The third kappa shape index (κ3) is 4.79. The van der Waals surface area contributed by atoms with Crippen molar-refractivity contribution in [1.29, 1.82) is 0 Å². The Morgan fingerprint density at radius 1 is 1.13 bits per heavy atom. The molecule has 0 aromatic heterocycles. The number of benzene rings is 2. The van der Waals surface area contributed by atoms with E-state index in [1.807, 2.05) is 0 Å². The van der Waals surface area contributed by atoms with Crippen molar-refractivity contribution in [3.05, 3.63) is 63.8 Å². The van der Waals surface area contributed by atoms with E-state index in [4.69, 9.17) is 28.3 Å². The van der Waals surface area contributed by atoms with Crippen LogP contribution in [0.1, 0.15) is 5.56 Å². The maximum absolute atomic E-state index is 12.5. The van der Waals surface area contributed by atoms with Crippen molar-refractivity contribution in [2.75, 3.05) is 11.9 Å². The molecule has 1 aliphatic heterocycles. The van der Waals surface area contributed by atoms with Gasteiger partial charge in [0, 0.05) is 5.69 Å². The van der Waals surface area contributed by atoms with Crippen LogP contribution < -0.4 is 15.8 Å². The van der Waals surface area contributed by atoms with Crippen molar-refractivity contribution >= 4 is 62.8 Å². The molecule has 156 valence electrons. The first-order chi connectivity index (χ1) is 14.1. The summed E-state index contributed by atoms with van der Waals surface area (Å²) < 4.78 is 22.5. The number of urea groups is 1. The Bertz CT molecular complexity index is 1180. The van der Waals surface area contributed by atoms with E-state index in [0.29, 0.717) is 5.56 Å². The highest BCUT2D eigenvalue weighted by Crippen LogP contribution is 2.27. The fourth-order valence-electron chi connectivity index (χ4n) is 2.57. The fourth-order valence-corrected chi connectivity index (χ4v) is 3.45. The molecule has 2 aromatic carbocycles. The summed E-state index contributed by atoms with van der Waals surface area (Å²) in [5.41, 5.74) is 0.629. The number of nitrogens with one attached hydrogen (secondary N) is 2. The van der Waals surface area contributed by atoms with Crippen LogP contribution in [0.4, 0.5) is 10.5 Å². The predicted molar refractivity (Wildman–Crippen MR) is 111 cm³/mol. The van der Waals surface area contributed by atoms with E-state index in [9.17, 15) is 22.8 Å². The first kappa shape index (κ1) is 21.8. The molecule has 3 rings (SSSR count). The van der Waals surface area contributed by atoms with E-state index in [1.54, 1.807) is 18.2 Å². The lowest BCUT2D eigenvalue weighted by Crippen LogP contribution is -2.38. The molecule has 0 saturated carbocycles. The highest BCUT2D eigenvalue weighted by Gasteiger charge is 2.35. The molecule has 1 fully saturated rings. The van der Waals surface area contributed by atoms with E-state index >= 15 is 0 Å². The standard InChI is InChI=1S/C18H14Cl2N4O5S/c19-13-3-1-2-10(16(13)20)8-14-17(26)24(18(27)23-14)9-15(25)22-11-4-6-12(7-5-11)30(21,28)29/h1-8H,9H2,(H,22,25)(H,23,27)(H2,21,28,29)/b14-8-. The van der Waals surface area contributed by atoms with Gasteiger partial charge in [0.2, 0.25) is 15.9 Å². The SMILES string of the molecule is NS(=O)(=O)c1ccc(NC(=O)CN2C(=O)N/C(=C\c3cccc(Cl)c3Cl)C2=O)cc1. The number of nitrogens with zero attached hydrogens (tertiary/aromatic N) is 1. The van der Waals surface area contributed by atoms with Crippen molar-refractivity contribution in [3.63, 3.8) is 0 Å². The lowest BCUT2D eigenvalue weighted by molar-refractivity contribution is -0.127. The molecule has 0 bridgehead atoms. The summed E-state index contributed by atoms with van der Waals surface area (Å²) in [6.07, 6.45) is 1.36. The van der Waals surface area contributed by atoms with E-state index in [2.05, 4.69) is 10.6 Å². The number of sulfonamides is 1. The van der Waals surface area contributed by atoms with Gasteiger partial charge >= 0.3 is 6.03 Å². The number of nitrogens with two attached hydrogens (primary N) is 1. The van der Waals surface area contributed by atoms with Crippen molar-refractivity contribution in [2.24, 2.45) is 5.14 Å². The summed E-state index contributed by atoms with van der Waals surface area (Å²) in [5, 5.41) is 10.4. The van der Waals surface area contributed by atoms with Gasteiger partial charge in [-0.25, -0.2) is 23.3 Å². The monoisotopic (exact) mass is 468 g/mol. The van der Waals surface area contributed by atoms with Gasteiger partial charge in [0.1, 0.15) is 12.2 Å². The Balaban J connectivity index is 1.70. The molecule has 2 aromatic rings. The maximum Gasteiger partial charge on any atom is 0.329 e. The quantitative estimate of drug-likeness (QED) is 0.455. The van der Waals surface area contributed by atoms with Crippen molar-refractivity contribution in [2.45, 2.75) is 4.90 Å². The fraction of sp³-hybridized carbons (Fsp3) is 0.0556. The van der Waals surface area contributed by atoms with Crippen LogP contribution in [0, 0.1) is 0 Å². The van der Waals surface area contributed by atoms with Crippen molar-refractivity contribution in [1.82, 2.24) is 10.2 Å². The molecule has 30 heavy (non-hydrogen) atoms. The number of amides is 4. The zero-order chi connectivity index (χ0) is 22.1. The largest absolute Gasteiger partial charge is 0.329 e. The summed E-state index contributed by atoms with van der Waals surface area (Å²) in [5.74, 6) is -1.38. The first-order valence-corrected chi connectivity index (χ1v) is 10.6. The van der Waals surface area contributed by atoms with E-state index < -0.39 is 34.4 Å². The maximum atomic E-state index is 12.5. The second-order valence-electron chi connectivity index (χ2n) is 6.14. The number of carbonyl (C=O) groups is 3. The van der Waals surface area contributed by atoms with Crippen LogP contribution in [0.25, 0.3) is 6.08 Å². The summed E-state index contributed by atoms with van der Waals surface area (Å²) in [6, 6.07) is 9.14. The van der Waals surface area contributed by atoms with Crippen LogP contribution in [0.5, 0.6) is 0 Å². The van der Waals surface area contributed by atoms with Gasteiger partial charge in [-0.3, -0.25) is 9.59 Å². The van der Waals surface area contributed by atoms with Crippen LogP contribution in [0.2, 0.25) is 10.0 Å². The molecular formula is C18H14Cl2N4O5S. The zero-order valence-corrected chi connectivity index (χ0v) is 17.4. The second kappa shape index (κ2) is 8.44. The number of imide groups is 1. The van der Waals surface area contributed by atoms with E-state index in [1.165, 1.54) is 30.3 Å². The summed E-state index contributed by atoms with van der Waals surface area (Å²) >= 11 is 12.0. The summed E-state index contributed by atoms with van der Waals surface area (Å²) in [7, 11) is -3.86. The molecule has 1 saturated heterocycles. The first-order valence-electron chi connectivity index (χ1n) is 8.27. The Labute approximate surface area is 181 Å². The smallest absolute Gasteiger partial charge is 0.325 e. The molecule has 1 aliphatic rings. The summed E-state index contributed by atoms with van der Waals surface area (Å²) in [4.78, 5) is 37.4. The van der Waals surface area contributed by atoms with E-state index in [0.717, 1.165) is 4.90 Å². The van der Waals surface area contributed by atoms with Gasteiger partial charge in [0.25, 0.3) is 5.91 Å². The number of hydrogen-bond donors (Lipinski definition) is 3. The summed E-state index contributed by atoms with van der Waals surface area (Å²) in [6.45, 7) is -0.553. The zero-order valence-electron chi connectivity index (χ0n) is 15.1. The van der Waals surface area contributed by atoms with Gasteiger partial charge in [-0.1, -0.05) is 35.3 Å². The van der Waals surface area contributed by atoms with Gasteiger partial charge in [-0.2, -0.15) is 0 Å². The molecule has 0 radical (unpaired) electrons. The van der Waals surface area contributed by atoms with Crippen LogP contribution in [-0.2, 0) is 19.6 Å². The number of hydrogen-bond acceptors (Lipinski definition) is 5. The molecule has 4 amide bonds. The molecule has 1 heterocycles. The minimum atomic E-state index is -3.86. The third-order valence-corrected chi connectivity index (χ3v) is 5.77.